The number of piperidine rings is 1. The molecule has 0 aliphatic carbocycles. The van der Waals surface area contributed by atoms with Crippen LogP contribution in [0.3, 0.4) is 0 Å². The largest absolute Gasteiger partial charge is 0.339 e. The molecule has 1 aliphatic rings. The lowest BCUT2D eigenvalue weighted by atomic mass is 9.96. The van der Waals surface area contributed by atoms with Crippen molar-refractivity contribution in [3.63, 3.8) is 0 Å². The van der Waals surface area contributed by atoms with Gasteiger partial charge in [0.15, 0.2) is 0 Å². The summed E-state index contributed by atoms with van der Waals surface area (Å²) in [6.07, 6.45) is 6.96. The van der Waals surface area contributed by atoms with Crippen LogP contribution in [-0.2, 0) is 4.79 Å². The van der Waals surface area contributed by atoms with E-state index in [1.165, 1.54) is 0 Å². The zero-order chi connectivity index (χ0) is 18.2. The monoisotopic (exact) mass is 341 g/mol. The standard InChI is InChI=1S/C20H27N3O2/c1-4-12-22-13-10-16(11-14-22)19(24)21-18-9-7-8-17(15-18)20(25)23(5-2)6-3/h1,7-9,15-16H,5-6,10-14H2,2-3H3,(H,21,24). The third kappa shape index (κ3) is 5.07. The van der Waals surface area contributed by atoms with Crippen molar-refractivity contribution in [3.8, 4) is 12.3 Å². The molecule has 1 aromatic rings. The highest BCUT2D eigenvalue weighted by Crippen LogP contribution is 2.20. The van der Waals surface area contributed by atoms with Gasteiger partial charge in [-0.1, -0.05) is 12.0 Å². The molecule has 0 atom stereocenters. The molecule has 0 radical (unpaired) electrons. The van der Waals surface area contributed by atoms with Crippen LogP contribution in [0.1, 0.15) is 37.0 Å². The number of hydrogen-bond acceptors (Lipinski definition) is 3. The van der Waals surface area contributed by atoms with Crippen molar-refractivity contribution in [2.75, 3.05) is 38.0 Å². The molecule has 2 rings (SSSR count). The number of carbonyl (C=O) groups excluding carboxylic acids is 2. The van der Waals surface area contributed by atoms with Gasteiger partial charge in [0.05, 0.1) is 6.54 Å². The van der Waals surface area contributed by atoms with Crippen molar-refractivity contribution >= 4 is 17.5 Å². The van der Waals surface area contributed by atoms with Gasteiger partial charge in [-0.3, -0.25) is 14.5 Å². The fraction of sp³-hybridized carbons (Fsp3) is 0.500. The molecule has 5 heteroatoms. The minimum atomic E-state index is -0.0105. The van der Waals surface area contributed by atoms with Crippen LogP contribution in [0.4, 0.5) is 5.69 Å². The average Bonchev–Trinajstić information content (AvgIpc) is 2.63. The molecular weight excluding hydrogens is 314 g/mol. The molecule has 134 valence electrons. The van der Waals surface area contributed by atoms with Crippen LogP contribution in [-0.4, -0.2) is 54.3 Å². The van der Waals surface area contributed by atoms with Gasteiger partial charge in [-0.25, -0.2) is 0 Å². The van der Waals surface area contributed by atoms with Crippen LogP contribution >= 0.6 is 0 Å². The molecule has 1 aromatic carbocycles. The Balaban J connectivity index is 1.97. The Labute approximate surface area is 150 Å². The minimum absolute atomic E-state index is 0.00355. The fourth-order valence-electron chi connectivity index (χ4n) is 3.15. The number of likely N-dealkylation sites (tertiary alicyclic amines) is 1. The van der Waals surface area contributed by atoms with E-state index in [0.29, 0.717) is 30.9 Å². The van der Waals surface area contributed by atoms with Crippen molar-refractivity contribution in [1.29, 1.82) is 0 Å². The predicted molar refractivity (Wildman–Crippen MR) is 100 cm³/mol. The maximum Gasteiger partial charge on any atom is 0.253 e. The topological polar surface area (TPSA) is 52.7 Å². The Hall–Kier alpha value is -2.32. The van der Waals surface area contributed by atoms with Gasteiger partial charge in [0.25, 0.3) is 5.91 Å². The Morgan fingerprint density at radius 3 is 2.56 bits per heavy atom. The van der Waals surface area contributed by atoms with E-state index >= 15 is 0 Å². The van der Waals surface area contributed by atoms with Crippen LogP contribution < -0.4 is 5.32 Å². The molecule has 5 nitrogen and oxygen atoms in total. The molecule has 25 heavy (non-hydrogen) atoms. The Morgan fingerprint density at radius 1 is 1.28 bits per heavy atom. The number of benzene rings is 1. The Kier molecular flexibility index (Phi) is 7.03. The number of hydrogen-bond donors (Lipinski definition) is 1. The van der Waals surface area contributed by atoms with Crippen molar-refractivity contribution in [3.05, 3.63) is 29.8 Å². The molecule has 0 unspecified atom stereocenters. The summed E-state index contributed by atoms with van der Waals surface area (Å²) in [4.78, 5) is 28.9. The first kappa shape index (κ1) is 19.0. The summed E-state index contributed by atoms with van der Waals surface area (Å²) in [6.45, 7) is 7.60. The molecule has 0 spiro atoms. The zero-order valence-electron chi connectivity index (χ0n) is 15.1. The maximum atomic E-state index is 12.5. The van der Waals surface area contributed by atoms with Gasteiger partial charge in [-0.2, -0.15) is 0 Å². The van der Waals surface area contributed by atoms with E-state index in [0.717, 1.165) is 25.9 Å². The first-order valence-corrected chi connectivity index (χ1v) is 8.95. The summed E-state index contributed by atoms with van der Waals surface area (Å²) in [5.41, 5.74) is 1.28. The van der Waals surface area contributed by atoms with Crippen molar-refractivity contribution < 1.29 is 9.59 Å². The summed E-state index contributed by atoms with van der Waals surface area (Å²) < 4.78 is 0. The van der Waals surface area contributed by atoms with Crippen molar-refractivity contribution in [2.45, 2.75) is 26.7 Å². The highest BCUT2D eigenvalue weighted by atomic mass is 16.2. The minimum Gasteiger partial charge on any atom is -0.339 e. The maximum absolute atomic E-state index is 12.5. The van der Waals surface area contributed by atoms with Gasteiger partial charge in [0.1, 0.15) is 0 Å². The second-order valence-corrected chi connectivity index (χ2v) is 6.30. The van der Waals surface area contributed by atoms with Crippen molar-refractivity contribution in [2.24, 2.45) is 5.92 Å². The van der Waals surface area contributed by atoms with Gasteiger partial charge in [0, 0.05) is 30.3 Å². The Morgan fingerprint density at radius 2 is 1.96 bits per heavy atom. The number of anilines is 1. The van der Waals surface area contributed by atoms with Crippen LogP contribution in [0.2, 0.25) is 0 Å². The van der Waals surface area contributed by atoms with Crippen LogP contribution in [0, 0.1) is 18.3 Å². The third-order valence-electron chi connectivity index (χ3n) is 4.70. The summed E-state index contributed by atoms with van der Waals surface area (Å²) in [5.74, 6) is 2.65. The molecule has 1 heterocycles. The SMILES string of the molecule is C#CCN1CCC(C(=O)Nc2cccc(C(=O)N(CC)CC)c2)CC1. The van der Waals surface area contributed by atoms with Crippen LogP contribution in [0.15, 0.2) is 24.3 Å². The van der Waals surface area contributed by atoms with Crippen LogP contribution in [0.5, 0.6) is 0 Å². The zero-order valence-corrected chi connectivity index (χ0v) is 15.1. The highest BCUT2D eigenvalue weighted by molar-refractivity contribution is 5.97. The van der Waals surface area contributed by atoms with Gasteiger partial charge in [-0.05, 0) is 58.0 Å². The number of carbonyl (C=O) groups is 2. The molecule has 0 saturated carbocycles. The van der Waals surface area contributed by atoms with E-state index in [1.54, 1.807) is 17.0 Å². The normalized spacial score (nSPS) is 15.4. The Bertz CT molecular complexity index is 639. The fourth-order valence-corrected chi connectivity index (χ4v) is 3.15. The molecular formula is C20H27N3O2. The number of amides is 2. The summed E-state index contributed by atoms with van der Waals surface area (Å²) in [5, 5.41) is 2.96. The predicted octanol–water partition coefficient (Wildman–Crippen LogP) is 2.45. The molecule has 1 aliphatic heterocycles. The molecule has 1 N–H and O–H groups in total. The molecule has 1 saturated heterocycles. The van der Waals surface area contributed by atoms with E-state index in [1.807, 2.05) is 26.0 Å². The molecule has 0 aromatic heterocycles. The molecule has 2 amide bonds. The van der Waals surface area contributed by atoms with E-state index in [4.69, 9.17) is 6.42 Å². The number of rotatable bonds is 6. The lowest BCUT2D eigenvalue weighted by molar-refractivity contribution is -0.121. The van der Waals surface area contributed by atoms with E-state index in [2.05, 4.69) is 16.1 Å². The van der Waals surface area contributed by atoms with E-state index < -0.39 is 0 Å². The average molecular weight is 341 g/mol. The third-order valence-corrected chi connectivity index (χ3v) is 4.70. The smallest absolute Gasteiger partial charge is 0.253 e. The molecule has 0 bridgehead atoms. The van der Waals surface area contributed by atoms with Gasteiger partial charge >= 0.3 is 0 Å². The van der Waals surface area contributed by atoms with Gasteiger partial charge < -0.3 is 10.2 Å². The first-order chi connectivity index (χ1) is 12.1. The number of nitrogens with one attached hydrogen (secondary N) is 1. The second-order valence-electron chi connectivity index (χ2n) is 6.30. The second kappa shape index (κ2) is 9.24. The number of terminal acetylenes is 1. The lowest BCUT2D eigenvalue weighted by Crippen LogP contribution is -2.38. The quantitative estimate of drug-likeness (QED) is 0.809. The van der Waals surface area contributed by atoms with E-state index in [-0.39, 0.29) is 17.7 Å². The first-order valence-electron chi connectivity index (χ1n) is 8.95. The van der Waals surface area contributed by atoms with Crippen molar-refractivity contribution in [1.82, 2.24) is 9.80 Å². The van der Waals surface area contributed by atoms with Gasteiger partial charge in [0.2, 0.25) is 5.91 Å². The highest BCUT2D eigenvalue weighted by Gasteiger charge is 2.24. The van der Waals surface area contributed by atoms with Gasteiger partial charge in [-0.15, -0.1) is 6.42 Å². The lowest BCUT2D eigenvalue weighted by Gasteiger charge is -2.29. The summed E-state index contributed by atoms with van der Waals surface area (Å²) in [7, 11) is 0. The summed E-state index contributed by atoms with van der Waals surface area (Å²) >= 11 is 0. The van der Waals surface area contributed by atoms with E-state index in [9.17, 15) is 9.59 Å². The molecule has 1 fully saturated rings. The van der Waals surface area contributed by atoms with Crippen LogP contribution in [0.25, 0.3) is 0 Å². The number of nitrogens with zero attached hydrogens (tertiary/aromatic N) is 2. The summed E-state index contributed by atoms with van der Waals surface area (Å²) in [6, 6.07) is 7.17.